The lowest BCUT2D eigenvalue weighted by Crippen LogP contribution is -2.25. The van der Waals surface area contributed by atoms with Gasteiger partial charge in [0.2, 0.25) is 11.3 Å². The molecule has 1 heterocycles. The fourth-order valence-corrected chi connectivity index (χ4v) is 5.96. The third-order valence-electron chi connectivity index (χ3n) is 6.89. The van der Waals surface area contributed by atoms with Gasteiger partial charge in [-0.05, 0) is 107 Å². The second-order valence-electron chi connectivity index (χ2n) is 9.55. The smallest absolute Gasteiger partial charge is 0.338 e. The standard InChI is InChI=1S/C29H26ClIN2O6S/c1-32-28(34)26-23-13-21(17-4-5-17)19(12-25(23)39-27(26)18-6-8-20(30)9-7-18)15-33(40(36)37)14-16-3-10-24(31)22(11-16)29(35)38-2/h3,6-13,17H,4-5,14-15H2,1-2H3,(H,32,34)(H,36,37). The van der Waals surface area contributed by atoms with Gasteiger partial charge in [-0.2, -0.15) is 4.31 Å². The first-order valence-corrected chi connectivity index (χ1v) is 15.0. The highest BCUT2D eigenvalue weighted by molar-refractivity contribution is 14.1. The number of fused-ring (bicyclic) bond motifs is 1. The van der Waals surface area contributed by atoms with E-state index in [-0.39, 0.29) is 19.0 Å². The van der Waals surface area contributed by atoms with E-state index >= 15 is 0 Å². The quantitative estimate of drug-likeness (QED) is 0.118. The second kappa shape index (κ2) is 12.0. The molecule has 3 aromatic carbocycles. The minimum atomic E-state index is -2.30. The summed E-state index contributed by atoms with van der Waals surface area (Å²) in [7, 11) is 2.89. The SMILES string of the molecule is CNC(=O)c1c(-c2ccc(Cl)cc2)oc2cc(CN(Cc3ccc(I)c(C(=O)OC)c3)S(=O)O)c(C3CC3)cc12. The second-order valence-corrected chi connectivity index (χ2v) is 12.1. The summed E-state index contributed by atoms with van der Waals surface area (Å²) in [5, 5.41) is 3.97. The number of ether oxygens (including phenoxy) is 1. The van der Waals surface area contributed by atoms with Crippen LogP contribution in [0.2, 0.25) is 5.02 Å². The zero-order chi connectivity index (χ0) is 28.6. The molecule has 0 radical (unpaired) electrons. The molecule has 0 bridgehead atoms. The molecule has 0 aliphatic heterocycles. The normalized spacial score (nSPS) is 13.9. The summed E-state index contributed by atoms with van der Waals surface area (Å²) in [4.78, 5) is 25.2. The fourth-order valence-electron chi connectivity index (χ4n) is 4.77. The van der Waals surface area contributed by atoms with Gasteiger partial charge >= 0.3 is 5.97 Å². The number of furan rings is 1. The molecule has 11 heteroatoms. The summed E-state index contributed by atoms with van der Waals surface area (Å²) < 4.78 is 36.0. The summed E-state index contributed by atoms with van der Waals surface area (Å²) in [6.45, 7) is 0.292. The molecule has 8 nitrogen and oxygen atoms in total. The number of methoxy groups -OCH3 is 1. The molecule has 1 atom stereocenters. The van der Waals surface area contributed by atoms with Crippen LogP contribution in [0.1, 0.15) is 56.2 Å². The summed E-state index contributed by atoms with van der Waals surface area (Å²) in [6.07, 6.45) is 2.00. The highest BCUT2D eigenvalue weighted by Gasteiger charge is 2.30. The van der Waals surface area contributed by atoms with Crippen molar-refractivity contribution in [2.75, 3.05) is 14.2 Å². The van der Waals surface area contributed by atoms with Gasteiger partial charge in [0.15, 0.2) is 0 Å². The predicted octanol–water partition coefficient (Wildman–Crippen LogP) is 6.52. The molecule has 4 aromatic rings. The van der Waals surface area contributed by atoms with Gasteiger partial charge in [-0.3, -0.25) is 9.35 Å². The molecule has 1 aliphatic carbocycles. The molecule has 1 aromatic heterocycles. The van der Waals surface area contributed by atoms with Crippen molar-refractivity contribution in [3.05, 3.63) is 91.0 Å². The van der Waals surface area contributed by atoms with Crippen LogP contribution in [0, 0.1) is 3.57 Å². The third-order valence-corrected chi connectivity index (χ3v) is 8.78. The van der Waals surface area contributed by atoms with Gasteiger partial charge in [0, 0.05) is 39.7 Å². The van der Waals surface area contributed by atoms with Crippen molar-refractivity contribution in [3.8, 4) is 11.3 Å². The van der Waals surface area contributed by atoms with Gasteiger partial charge in [-0.25, -0.2) is 9.00 Å². The van der Waals surface area contributed by atoms with E-state index in [9.17, 15) is 18.4 Å². The maximum Gasteiger partial charge on any atom is 0.338 e. The molecular weight excluding hydrogens is 667 g/mol. The van der Waals surface area contributed by atoms with Crippen LogP contribution < -0.4 is 5.32 Å². The van der Waals surface area contributed by atoms with Crippen molar-refractivity contribution in [2.45, 2.75) is 31.8 Å². The van der Waals surface area contributed by atoms with Crippen LogP contribution in [0.3, 0.4) is 0 Å². The van der Waals surface area contributed by atoms with Gasteiger partial charge in [0.05, 0.1) is 18.2 Å². The van der Waals surface area contributed by atoms with E-state index in [0.717, 1.165) is 27.5 Å². The first kappa shape index (κ1) is 28.7. The zero-order valence-electron chi connectivity index (χ0n) is 21.7. The highest BCUT2D eigenvalue weighted by Crippen LogP contribution is 2.45. The molecule has 2 N–H and O–H groups in total. The average molecular weight is 693 g/mol. The van der Waals surface area contributed by atoms with E-state index in [1.54, 1.807) is 43.4 Å². The van der Waals surface area contributed by atoms with Crippen LogP contribution in [0.15, 0.2) is 59.0 Å². The van der Waals surface area contributed by atoms with Crippen molar-refractivity contribution in [1.29, 1.82) is 0 Å². The van der Waals surface area contributed by atoms with Crippen LogP contribution in [-0.2, 0) is 29.1 Å². The largest absolute Gasteiger partial charge is 0.465 e. The Morgan fingerprint density at radius 3 is 2.50 bits per heavy atom. The first-order valence-electron chi connectivity index (χ1n) is 12.5. The topological polar surface area (TPSA) is 109 Å². The number of halogens is 2. The molecule has 40 heavy (non-hydrogen) atoms. The Hall–Kier alpha value is -2.77. The van der Waals surface area contributed by atoms with E-state index in [1.807, 2.05) is 18.2 Å². The van der Waals surface area contributed by atoms with Crippen LogP contribution in [0.25, 0.3) is 22.3 Å². The lowest BCUT2D eigenvalue weighted by Gasteiger charge is -2.20. The van der Waals surface area contributed by atoms with Gasteiger partial charge in [-0.1, -0.05) is 17.7 Å². The number of carbonyl (C=O) groups is 2. The minimum absolute atomic E-state index is 0.129. The van der Waals surface area contributed by atoms with E-state index in [4.69, 9.17) is 20.8 Å². The number of nitrogens with zero attached hydrogens (tertiary/aromatic N) is 1. The molecule has 1 aliphatic rings. The number of esters is 1. The number of benzene rings is 3. The maximum absolute atomic E-state index is 13.0. The number of hydrogen-bond acceptors (Lipinski definition) is 5. The van der Waals surface area contributed by atoms with Crippen LogP contribution in [0.4, 0.5) is 0 Å². The number of nitrogens with one attached hydrogen (secondary N) is 1. The van der Waals surface area contributed by atoms with Crippen LogP contribution >= 0.6 is 34.2 Å². The maximum atomic E-state index is 13.0. The van der Waals surface area contributed by atoms with Crippen molar-refractivity contribution in [3.63, 3.8) is 0 Å². The Morgan fingerprint density at radius 1 is 1.15 bits per heavy atom. The Bertz CT molecular complexity index is 1630. The molecule has 208 valence electrons. The summed E-state index contributed by atoms with van der Waals surface area (Å²) in [5.74, 6) is -0.00668. The van der Waals surface area contributed by atoms with E-state index in [1.165, 1.54) is 11.4 Å². The third kappa shape index (κ3) is 5.96. The summed E-state index contributed by atoms with van der Waals surface area (Å²) in [5.41, 5.74) is 4.62. The van der Waals surface area contributed by atoms with E-state index in [2.05, 4.69) is 27.9 Å². The molecule has 1 fully saturated rings. The molecule has 1 saturated carbocycles. The van der Waals surface area contributed by atoms with Crippen molar-refractivity contribution < 1.29 is 27.5 Å². The van der Waals surface area contributed by atoms with Crippen LogP contribution in [0.5, 0.6) is 0 Å². The minimum Gasteiger partial charge on any atom is -0.465 e. The molecule has 0 spiro atoms. The monoisotopic (exact) mass is 692 g/mol. The molecule has 0 saturated heterocycles. The average Bonchev–Trinajstić information content (AvgIpc) is 3.73. The number of rotatable bonds is 9. The molecular formula is C29H26ClIN2O6S. The lowest BCUT2D eigenvalue weighted by molar-refractivity contribution is 0.0599. The molecule has 1 amide bonds. The van der Waals surface area contributed by atoms with E-state index in [0.29, 0.717) is 49.9 Å². The van der Waals surface area contributed by atoms with Crippen molar-refractivity contribution >= 4 is 68.3 Å². The van der Waals surface area contributed by atoms with Gasteiger partial charge in [0.25, 0.3) is 5.91 Å². The Kier molecular flexibility index (Phi) is 8.62. The van der Waals surface area contributed by atoms with Gasteiger partial charge < -0.3 is 14.5 Å². The zero-order valence-corrected chi connectivity index (χ0v) is 25.4. The Morgan fingerprint density at radius 2 is 1.88 bits per heavy atom. The van der Waals surface area contributed by atoms with E-state index < -0.39 is 17.2 Å². The Labute approximate surface area is 252 Å². The molecule has 5 rings (SSSR count). The fraction of sp³-hybridized carbons (Fsp3) is 0.241. The number of hydrogen-bond donors (Lipinski definition) is 2. The lowest BCUT2D eigenvalue weighted by atomic mass is 9.97. The highest BCUT2D eigenvalue weighted by atomic mass is 127. The van der Waals surface area contributed by atoms with Crippen molar-refractivity contribution in [1.82, 2.24) is 9.62 Å². The number of carbonyl (C=O) groups excluding carboxylic acids is 2. The Balaban J connectivity index is 1.56. The number of amides is 1. The predicted molar refractivity (Wildman–Crippen MR) is 163 cm³/mol. The molecule has 1 unspecified atom stereocenters. The first-order chi connectivity index (χ1) is 19.2. The van der Waals surface area contributed by atoms with Gasteiger partial charge in [0.1, 0.15) is 11.3 Å². The summed E-state index contributed by atoms with van der Waals surface area (Å²) in [6, 6.07) is 16.2. The van der Waals surface area contributed by atoms with Crippen molar-refractivity contribution in [2.24, 2.45) is 0 Å². The summed E-state index contributed by atoms with van der Waals surface area (Å²) >= 11 is 5.84. The van der Waals surface area contributed by atoms with Crippen LogP contribution in [-0.4, -0.2) is 39.1 Å². The van der Waals surface area contributed by atoms with Gasteiger partial charge in [-0.15, -0.1) is 0 Å².